The van der Waals surface area contributed by atoms with Crippen molar-refractivity contribution in [2.45, 2.75) is 12.5 Å². The molecule has 1 aliphatic rings. The van der Waals surface area contributed by atoms with E-state index in [4.69, 9.17) is 5.26 Å². The van der Waals surface area contributed by atoms with Gasteiger partial charge in [-0.3, -0.25) is 4.79 Å². The third-order valence-electron chi connectivity index (χ3n) is 4.64. The number of likely N-dealkylation sites (tertiary alicyclic amines) is 1. The number of benzene rings is 2. The molecule has 0 N–H and O–H groups in total. The van der Waals surface area contributed by atoms with Gasteiger partial charge < -0.3 is 4.90 Å². The molecule has 4 rings (SSSR count). The van der Waals surface area contributed by atoms with Gasteiger partial charge in [0.15, 0.2) is 0 Å². The Labute approximate surface area is 151 Å². The van der Waals surface area contributed by atoms with E-state index < -0.39 is 0 Å². The summed E-state index contributed by atoms with van der Waals surface area (Å²) in [5.41, 5.74) is 2.90. The van der Waals surface area contributed by atoms with E-state index in [2.05, 4.69) is 16.4 Å². The minimum absolute atomic E-state index is 0.0481. The van der Waals surface area contributed by atoms with Crippen LogP contribution in [0.2, 0.25) is 0 Å². The number of carbonyl (C=O) groups is 1. The average Bonchev–Trinajstić information content (AvgIpc) is 3.38. The molecule has 6 heteroatoms. The minimum atomic E-state index is -0.0481. The summed E-state index contributed by atoms with van der Waals surface area (Å²) in [4.78, 5) is 14.5. The lowest BCUT2D eigenvalue weighted by atomic mass is 10.1. The van der Waals surface area contributed by atoms with E-state index >= 15 is 0 Å². The van der Waals surface area contributed by atoms with Crippen molar-refractivity contribution in [3.63, 3.8) is 0 Å². The van der Waals surface area contributed by atoms with Crippen molar-refractivity contribution in [3.05, 3.63) is 71.9 Å². The van der Waals surface area contributed by atoms with E-state index in [0.717, 1.165) is 17.7 Å². The maximum absolute atomic E-state index is 12.7. The molecule has 2 heterocycles. The molecule has 1 saturated heterocycles. The second-order valence-corrected chi connectivity index (χ2v) is 6.34. The lowest BCUT2D eigenvalue weighted by molar-refractivity contribution is 0.0787. The standard InChI is InChI=1S/C20H17N5O/c21-12-15-5-4-8-17(11-15)20(26)24-10-9-18(13-24)25-14-19(22-23-25)16-6-2-1-3-7-16/h1-8,11,14,18H,9-10,13H2. The van der Waals surface area contributed by atoms with E-state index in [-0.39, 0.29) is 11.9 Å². The molecule has 1 amide bonds. The Hall–Kier alpha value is -3.46. The average molecular weight is 343 g/mol. The number of amides is 1. The van der Waals surface area contributed by atoms with Crippen LogP contribution in [-0.2, 0) is 0 Å². The van der Waals surface area contributed by atoms with Crippen LogP contribution in [0.15, 0.2) is 60.8 Å². The zero-order valence-electron chi connectivity index (χ0n) is 14.1. The van der Waals surface area contributed by atoms with Crippen molar-refractivity contribution in [1.82, 2.24) is 19.9 Å². The van der Waals surface area contributed by atoms with Crippen molar-refractivity contribution in [1.29, 1.82) is 5.26 Å². The van der Waals surface area contributed by atoms with Crippen LogP contribution in [0.25, 0.3) is 11.3 Å². The summed E-state index contributed by atoms with van der Waals surface area (Å²) >= 11 is 0. The zero-order chi connectivity index (χ0) is 17.9. The van der Waals surface area contributed by atoms with E-state index in [1.54, 1.807) is 24.3 Å². The van der Waals surface area contributed by atoms with E-state index in [0.29, 0.717) is 24.2 Å². The van der Waals surface area contributed by atoms with Gasteiger partial charge in [-0.05, 0) is 24.6 Å². The van der Waals surface area contributed by atoms with Crippen molar-refractivity contribution >= 4 is 5.91 Å². The van der Waals surface area contributed by atoms with Crippen molar-refractivity contribution in [2.75, 3.05) is 13.1 Å². The molecule has 0 aliphatic carbocycles. The van der Waals surface area contributed by atoms with Crippen LogP contribution in [-0.4, -0.2) is 38.9 Å². The summed E-state index contributed by atoms with van der Waals surface area (Å²) in [6.45, 7) is 1.26. The molecule has 1 aromatic heterocycles. The smallest absolute Gasteiger partial charge is 0.253 e. The largest absolute Gasteiger partial charge is 0.336 e. The van der Waals surface area contributed by atoms with Gasteiger partial charge in [0, 0.05) is 24.2 Å². The highest BCUT2D eigenvalue weighted by atomic mass is 16.2. The predicted octanol–water partition coefficient (Wildman–Crippen LogP) is 2.90. The monoisotopic (exact) mass is 343 g/mol. The summed E-state index contributed by atoms with van der Waals surface area (Å²) in [5, 5.41) is 17.5. The number of carbonyl (C=O) groups excluding carboxylic acids is 1. The second-order valence-electron chi connectivity index (χ2n) is 6.34. The first-order valence-corrected chi connectivity index (χ1v) is 8.51. The molecule has 128 valence electrons. The molecule has 3 aromatic rings. The highest BCUT2D eigenvalue weighted by molar-refractivity contribution is 5.94. The fraction of sp³-hybridized carbons (Fsp3) is 0.200. The number of nitriles is 1. The molecule has 0 spiro atoms. The molecule has 0 radical (unpaired) electrons. The third-order valence-corrected chi connectivity index (χ3v) is 4.64. The molecule has 0 saturated carbocycles. The highest BCUT2D eigenvalue weighted by Gasteiger charge is 2.29. The Kier molecular flexibility index (Phi) is 4.20. The molecule has 1 fully saturated rings. The molecule has 0 bridgehead atoms. The molecule has 1 atom stereocenters. The second kappa shape index (κ2) is 6.81. The summed E-state index contributed by atoms with van der Waals surface area (Å²) in [6, 6.07) is 18.9. The summed E-state index contributed by atoms with van der Waals surface area (Å²) in [7, 11) is 0. The first-order valence-electron chi connectivity index (χ1n) is 8.51. The van der Waals surface area contributed by atoms with Crippen molar-refractivity contribution in [2.24, 2.45) is 0 Å². The SMILES string of the molecule is N#Cc1cccc(C(=O)N2CCC(n3cc(-c4ccccc4)nn3)C2)c1. The molecule has 26 heavy (non-hydrogen) atoms. The first-order chi connectivity index (χ1) is 12.7. The van der Waals surface area contributed by atoms with Crippen LogP contribution in [0.3, 0.4) is 0 Å². The van der Waals surface area contributed by atoms with Gasteiger partial charge in [-0.2, -0.15) is 5.26 Å². The Balaban J connectivity index is 1.48. The molecular weight excluding hydrogens is 326 g/mol. The van der Waals surface area contributed by atoms with Crippen LogP contribution >= 0.6 is 0 Å². The Morgan fingerprint density at radius 3 is 2.81 bits per heavy atom. The fourth-order valence-electron chi connectivity index (χ4n) is 3.24. The Morgan fingerprint density at radius 1 is 1.15 bits per heavy atom. The Morgan fingerprint density at radius 2 is 2.00 bits per heavy atom. The maximum atomic E-state index is 12.7. The topological polar surface area (TPSA) is 74.8 Å². The first kappa shape index (κ1) is 16.0. The van der Waals surface area contributed by atoms with Gasteiger partial charge in [-0.25, -0.2) is 4.68 Å². The van der Waals surface area contributed by atoms with Crippen LogP contribution in [0.5, 0.6) is 0 Å². The summed E-state index contributed by atoms with van der Waals surface area (Å²) in [6.07, 6.45) is 2.77. The number of hydrogen-bond acceptors (Lipinski definition) is 4. The van der Waals surface area contributed by atoms with Gasteiger partial charge in [-0.15, -0.1) is 5.10 Å². The lowest BCUT2D eigenvalue weighted by Crippen LogP contribution is -2.29. The van der Waals surface area contributed by atoms with Gasteiger partial charge in [0.05, 0.1) is 23.9 Å². The quantitative estimate of drug-likeness (QED) is 0.733. The lowest BCUT2D eigenvalue weighted by Gasteiger charge is -2.16. The van der Waals surface area contributed by atoms with E-state index in [1.165, 1.54) is 0 Å². The zero-order valence-corrected chi connectivity index (χ0v) is 14.1. The molecule has 6 nitrogen and oxygen atoms in total. The van der Waals surface area contributed by atoms with Crippen LogP contribution in [0, 0.1) is 11.3 Å². The normalized spacial score (nSPS) is 16.4. The molecule has 1 unspecified atom stereocenters. The van der Waals surface area contributed by atoms with Gasteiger partial charge in [0.1, 0.15) is 5.69 Å². The highest BCUT2D eigenvalue weighted by Crippen LogP contribution is 2.24. The van der Waals surface area contributed by atoms with Crippen LogP contribution < -0.4 is 0 Å². The third kappa shape index (κ3) is 3.07. The minimum Gasteiger partial charge on any atom is -0.336 e. The maximum Gasteiger partial charge on any atom is 0.253 e. The van der Waals surface area contributed by atoms with Crippen LogP contribution in [0.4, 0.5) is 0 Å². The van der Waals surface area contributed by atoms with Gasteiger partial charge in [0.2, 0.25) is 0 Å². The molecule has 1 aliphatic heterocycles. The molecular formula is C20H17N5O. The number of aromatic nitrogens is 3. The van der Waals surface area contributed by atoms with Crippen molar-refractivity contribution < 1.29 is 4.79 Å². The number of hydrogen-bond donors (Lipinski definition) is 0. The number of rotatable bonds is 3. The summed E-state index contributed by atoms with van der Waals surface area (Å²) in [5.74, 6) is -0.0481. The fourth-order valence-corrected chi connectivity index (χ4v) is 3.24. The summed E-state index contributed by atoms with van der Waals surface area (Å²) < 4.78 is 1.85. The van der Waals surface area contributed by atoms with Gasteiger partial charge in [-0.1, -0.05) is 41.6 Å². The predicted molar refractivity (Wildman–Crippen MR) is 96.2 cm³/mol. The van der Waals surface area contributed by atoms with Crippen LogP contribution in [0.1, 0.15) is 28.4 Å². The van der Waals surface area contributed by atoms with Gasteiger partial charge >= 0.3 is 0 Å². The van der Waals surface area contributed by atoms with Gasteiger partial charge in [0.25, 0.3) is 5.91 Å². The van der Waals surface area contributed by atoms with E-state index in [9.17, 15) is 4.79 Å². The molecule has 2 aromatic carbocycles. The van der Waals surface area contributed by atoms with E-state index in [1.807, 2.05) is 46.1 Å². The Bertz CT molecular complexity index is 973. The van der Waals surface area contributed by atoms with Crippen molar-refractivity contribution in [3.8, 4) is 17.3 Å². The number of nitrogens with zero attached hydrogens (tertiary/aromatic N) is 5.